The van der Waals surface area contributed by atoms with Crippen LogP contribution in [-0.4, -0.2) is 55.7 Å². The average Bonchev–Trinajstić information content (AvgIpc) is 3.01. The Labute approximate surface area is 114 Å². The molecule has 1 amide bonds. The topological polar surface area (TPSA) is 69.7 Å². The minimum absolute atomic E-state index is 0.00805. The van der Waals surface area contributed by atoms with E-state index in [1.54, 1.807) is 8.61 Å². The van der Waals surface area contributed by atoms with Crippen LogP contribution < -0.4 is 5.32 Å². The molecule has 0 aliphatic carbocycles. The first-order chi connectivity index (χ1) is 9.02. The highest BCUT2D eigenvalue weighted by molar-refractivity contribution is 7.86. The van der Waals surface area contributed by atoms with Gasteiger partial charge in [-0.15, -0.1) is 0 Å². The minimum atomic E-state index is -3.26. The predicted molar refractivity (Wildman–Crippen MR) is 70.6 cm³/mol. The molecular formula is C12H21N3O3S. The SMILES string of the molecule is O=C1CC2(CCN(S(=O)(=O)N3CCCC3)CC2)CN1. The van der Waals surface area contributed by atoms with Gasteiger partial charge < -0.3 is 5.32 Å². The van der Waals surface area contributed by atoms with E-state index in [0.717, 1.165) is 25.7 Å². The van der Waals surface area contributed by atoms with Gasteiger partial charge in [0.25, 0.3) is 10.2 Å². The maximum absolute atomic E-state index is 12.4. The number of hydrogen-bond donors (Lipinski definition) is 1. The highest BCUT2D eigenvalue weighted by Crippen LogP contribution is 2.38. The second kappa shape index (κ2) is 4.71. The van der Waals surface area contributed by atoms with E-state index >= 15 is 0 Å². The largest absolute Gasteiger partial charge is 0.356 e. The molecule has 3 aliphatic heterocycles. The Morgan fingerprint density at radius 1 is 1.00 bits per heavy atom. The smallest absolute Gasteiger partial charge is 0.281 e. The van der Waals surface area contributed by atoms with Crippen LogP contribution in [-0.2, 0) is 15.0 Å². The van der Waals surface area contributed by atoms with E-state index in [0.29, 0.717) is 39.1 Å². The van der Waals surface area contributed by atoms with Crippen molar-refractivity contribution in [2.24, 2.45) is 5.41 Å². The van der Waals surface area contributed by atoms with Crippen molar-refractivity contribution >= 4 is 16.1 Å². The van der Waals surface area contributed by atoms with Crippen molar-refractivity contribution in [3.05, 3.63) is 0 Å². The van der Waals surface area contributed by atoms with Gasteiger partial charge >= 0.3 is 0 Å². The summed E-state index contributed by atoms with van der Waals surface area (Å²) in [4.78, 5) is 11.4. The first kappa shape index (κ1) is 13.3. The molecule has 3 aliphatic rings. The molecule has 7 heteroatoms. The molecule has 108 valence electrons. The molecule has 0 aromatic carbocycles. The highest BCUT2D eigenvalue weighted by atomic mass is 32.2. The maximum atomic E-state index is 12.4. The van der Waals surface area contributed by atoms with E-state index in [9.17, 15) is 13.2 Å². The standard InChI is InChI=1S/C12H21N3O3S/c16-11-9-12(10-13-11)3-7-15(8-4-12)19(17,18)14-5-1-2-6-14/h1-10H2,(H,13,16). The monoisotopic (exact) mass is 287 g/mol. The van der Waals surface area contributed by atoms with Crippen LogP contribution in [0.2, 0.25) is 0 Å². The maximum Gasteiger partial charge on any atom is 0.281 e. The van der Waals surface area contributed by atoms with Crippen molar-refractivity contribution < 1.29 is 13.2 Å². The van der Waals surface area contributed by atoms with Gasteiger partial charge in [-0.05, 0) is 31.1 Å². The van der Waals surface area contributed by atoms with Crippen LogP contribution in [0.5, 0.6) is 0 Å². The fourth-order valence-corrected chi connectivity index (χ4v) is 5.07. The number of nitrogens with zero attached hydrogens (tertiary/aromatic N) is 2. The molecule has 6 nitrogen and oxygen atoms in total. The lowest BCUT2D eigenvalue weighted by molar-refractivity contribution is -0.119. The zero-order chi connectivity index (χ0) is 13.5. The van der Waals surface area contributed by atoms with Gasteiger partial charge in [0, 0.05) is 39.1 Å². The van der Waals surface area contributed by atoms with Crippen LogP contribution in [0.3, 0.4) is 0 Å². The predicted octanol–water partition coefficient (Wildman–Crippen LogP) is -0.0709. The molecule has 0 saturated carbocycles. The van der Waals surface area contributed by atoms with Crippen LogP contribution >= 0.6 is 0 Å². The fourth-order valence-electron chi connectivity index (χ4n) is 3.38. The van der Waals surface area contributed by atoms with Crippen molar-refractivity contribution in [1.29, 1.82) is 0 Å². The quantitative estimate of drug-likeness (QED) is 0.773. The van der Waals surface area contributed by atoms with Crippen molar-refractivity contribution in [2.75, 3.05) is 32.7 Å². The van der Waals surface area contributed by atoms with Crippen LogP contribution in [0.1, 0.15) is 32.1 Å². The molecule has 3 saturated heterocycles. The van der Waals surface area contributed by atoms with Gasteiger partial charge in [-0.3, -0.25) is 4.79 Å². The summed E-state index contributed by atoms with van der Waals surface area (Å²) in [6, 6.07) is 0. The van der Waals surface area contributed by atoms with E-state index < -0.39 is 10.2 Å². The molecule has 1 spiro atoms. The molecule has 0 bridgehead atoms. The number of nitrogens with one attached hydrogen (secondary N) is 1. The van der Waals surface area contributed by atoms with Gasteiger partial charge in [-0.25, -0.2) is 0 Å². The molecule has 0 unspecified atom stereocenters. The minimum Gasteiger partial charge on any atom is -0.356 e. The van der Waals surface area contributed by atoms with E-state index in [1.165, 1.54) is 0 Å². The number of rotatable bonds is 2. The summed E-state index contributed by atoms with van der Waals surface area (Å²) in [6.45, 7) is 3.12. The second-order valence-electron chi connectivity index (χ2n) is 5.97. The van der Waals surface area contributed by atoms with E-state index in [1.807, 2.05) is 0 Å². The number of piperidine rings is 1. The first-order valence-electron chi connectivity index (χ1n) is 7.04. The summed E-state index contributed by atoms with van der Waals surface area (Å²) in [6.07, 6.45) is 4.08. The summed E-state index contributed by atoms with van der Waals surface area (Å²) >= 11 is 0. The Bertz CT molecular complexity index is 463. The van der Waals surface area contributed by atoms with Crippen molar-refractivity contribution in [1.82, 2.24) is 13.9 Å². The lowest BCUT2D eigenvalue weighted by Crippen LogP contribution is -2.49. The van der Waals surface area contributed by atoms with E-state index in [4.69, 9.17) is 0 Å². The Hall–Kier alpha value is -0.660. The lowest BCUT2D eigenvalue weighted by Gasteiger charge is -2.38. The zero-order valence-electron chi connectivity index (χ0n) is 11.1. The number of carbonyl (C=O) groups is 1. The molecule has 0 atom stereocenters. The highest BCUT2D eigenvalue weighted by Gasteiger charge is 2.44. The molecule has 3 fully saturated rings. The summed E-state index contributed by atoms with van der Waals surface area (Å²) in [5.74, 6) is 0.107. The number of hydrogen-bond acceptors (Lipinski definition) is 3. The third kappa shape index (κ3) is 2.39. The number of amides is 1. The Balaban J connectivity index is 1.65. The van der Waals surface area contributed by atoms with Crippen LogP contribution in [0.15, 0.2) is 0 Å². The second-order valence-corrected chi connectivity index (χ2v) is 7.89. The van der Waals surface area contributed by atoms with Crippen LogP contribution in [0.25, 0.3) is 0 Å². The summed E-state index contributed by atoms with van der Waals surface area (Å²) in [5.41, 5.74) is 0.00805. The van der Waals surface area contributed by atoms with E-state index in [2.05, 4.69) is 5.32 Å². The summed E-state index contributed by atoms with van der Waals surface area (Å²) in [5, 5.41) is 2.87. The molecule has 0 radical (unpaired) electrons. The number of carbonyl (C=O) groups excluding carboxylic acids is 1. The molecule has 19 heavy (non-hydrogen) atoms. The van der Waals surface area contributed by atoms with Gasteiger partial charge in [-0.1, -0.05) is 0 Å². The average molecular weight is 287 g/mol. The molecule has 0 aromatic heterocycles. The lowest BCUT2D eigenvalue weighted by atomic mass is 9.78. The normalized spacial score (nSPS) is 28.9. The van der Waals surface area contributed by atoms with Gasteiger partial charge in [0.05, 0.1) is 0 Å². The summed E-state index contributed by atoms with van der Waals surface area (Å²) < 4.78 is 28.1. The molecule has 3 heterocycles. The van der Waals surface area contributed by atoms with Crippen LogP contribution in [0, 0.1) is 5.41 Å². The van der Waals surface area contributed by atoms with Crippen LogP contribution in [0.4, 0.5) is 0 Å². The molecule has 0 aromatic rings. The fraction of sp³-hybridized carbons (Fsp3) is 0.917. The molecule has 3 rings (SSSR count). The molecule has 1 N–H and O–H groups in total. The van der Waals surface area contributed by atoms with Gasteiger partial charge in [0.15, 0.2) is 0 Å². The third-order valence-electron chi connectivity index (χ3n) is 4.70. The van der Waals surface area contributed by atoms with Crippen molar-refractivity contribution in [2.45, 2.75) is 32.1 Å². The Morgan fingerprint density at radius 3 is 2.11 bits per heavy atom. The Morgan fingerprint density at radius 2 is 1.58 bits per heavy atom. The molecular weight excluding hydrogens is 266 g/mol. The zero-order valence-corrected chi connectivity index (χ0v) is 11.9. The summed E-state index contributed by atoms with van der Waals surface area (Å²) in [7, 11) is -3.26. The van der Waals surface area contributed by atoms with Crippen molar-refractivity contribution in [3.8, 4) is 0 Å². The van der Waals surface area contributed by atoms with Gasteiger partial charge in [0.2, 0.25) is 5.91 Å². The van der Waals surface area contributed by atoms with Gasteiger partial charge in [-0.2, -0.15) is 17.0 Å². The van der Waals surface area contributed by atoms with Gasteiger partial charge in [0.1, 0.15) is 0 Å². The first-order valence-corrected chi connectivity index (χ1v) is 8.44. The third-order valence-corrected chi connectivity index (χ3v) is 6.73. The van der Waals surface area contributed by atoms with E-state index in [-0.39, 0.29) is 11.3 Å². The van der Waals surface area contributed by atoms with Crippen molar-refractivity contribution in [3.63, 3.8) is 0 Å². The Kier molecular flexibility index (Phi) is 3.31.